The third-order valence-corrected chi connectivity index (χ3v) is 4.77. The van der Waals surface area contributed by atoms with Crippen LogP contribution in [0.25, 0.3) is 5.57 Å². The zero-order chi connectivity index (χ0) is 15.3. The highest BCUT2D eigenvalue weighted by Crippen LogP contribution is 2.42. The number of allylic oxidation sites excluding steroid dienone is 2. The predicted molar refractivity (Wildman–Crippen MR) is 85.5 cm³/mol. The Balaban J connectivity index is 2.49. The van der Waals surface area contributed by atoms with Crippen molar-refractivity contribution in [3.63, 3.8) is 0 Å². The highest BCUT2D eigenvalue weighted by atomic mass is 79.9. The molecule has 0 fully saturated rings. The molecule has 21 heavy (non-hydrogen) atoms. The van der Waals surface area contributed by atoms with Gasteiger partial charge in [0.25, 0.3) is 0 Å². The van der Waals surface area contributed by atoms with Gasteiger partial charge >= 0.3 is 6.18 Å². The van der Waals surface area contributed by atoms with Gasteiger partial charge in [-0.2, -0.15) is 13.2 Å². The van der Waals surface area contributed by atoms with E-state index in [0.717, 1.165) is 16.7 Å². The summed E-state index contributed by atoms with van der Waals surface area (Å²) < 4.78 is 40.4. The highest BCUT2D eigenvalue weighted by molar-refractivity contribution is 9.09. The fourth-order valence-corrected chi connectivity index (χ4v) is 3.46. The Kier molecular flexibility index (Phi) is 5.53. The standard InChI is InChI=1S/C16H12BrF3S/c17-11-14(21-13-9-5-2-6-10-13)15(16(18,19)20)12-7-3-1-4-8-12/h1-10H,11H2/b15-14-. The molecule has 0 aliphatic rings. The summed E-state index contributed by atoms with van der Waals surface area (Å²) in [6.07, 6.45) is -4.40. The highest BCUT2D eigenvalue weighted by Gasteiger charge is 2.37. The van der Waals surface area contributed by atoms with Crippen LogP contribution in [0.1, 0.15) is 5.56 Å². The predicted octanol–water partition coefficient (Wildman–Crippen LogP) is 6.15. The summed E-state index contributed by atoms with van der Waals surface area (Å²) in [6.45, 7) is 0. The van der Waals surface area contributed by atoms with Crippen molar-refractivity contribution >= 4 is 33.3 Å². The minimum atomic E-state index is -4.40. The second kappa shape index (κ2) is 7.18. The number of thioether (sulfide) groups is 1. The molecule has 5 heteroatoms. The van der Waals surface area contributed by atoms with Crippen LogP contribution in [0.4, 0.5) is 13.2 Å². The normalized spacial score (nSPS) is 13.0. The van der Waals surface area contributed by atoms with E-state index in [1.807, 2.05) is 18.2 Å². The van der Waals surface area contributed by atoms with Gasteiger partial charge in [-0.25, -0.2) is 0 Å². The van der Waals surface area contributed by atoms with Crippen molar-refractivity contribution in [2.24, 2.45) is 0 Å². The fourth-order valence-electron chi connectivity index (χ4n) is 1.86. The van der Waals surface area contributed by atoms with Gasteiger partial charge in [-0.1, -0.05) is 76.2 Å². The molecule has 0 aliphatic carbocycles. The van der Waals surface area contributed by atoms with Crippen molar-refractivity contribution < 1.29 is 13.2 Å². The van der Waals surface area contributed by atoms with Crippen molar-refractivity contribution in [2.75, 3.05) is 5.33 Å². The Morgan fingerprint density at radius 3 is 1.90 bits per heavy atom. The molecule has 0 unspecified atom stereocenters. The van der Waals surface area contributed by atoms with Crippen LogP contribution in [0.5, 0.6) is 0 Å². The fraction of sp³-hybridized carbons (Fsp3) is 0.125. The molecule has 2 aromatic carbocycles. The van der Waals surface area contributed by atoms with E-state index in [-0.39, 0.29) is 15.8 Å². The summed E-state index contributed by atoms with van der Waals surface area (Å²) in [5.41, 5.74) is -0.406. The molecule has 0 atom stereocenters. The van der Waals surface area contributed by atoms with E-state index in [1.54, 1.807) is 30.3 Å². The van der Waals surface area contributed by atoms with Gasteiger partial charge in [0.15, 0.2) is 0 Å². The summed E-state index contributed by atoms with van der Waals surface area (Å²) in [5, 5.41) is 0.149. The summed E-state index contributed by atoms with van der Waals surface area (Å²) in [7, 11) is 0. The molecular weight excluding hydrogens is 361 g/mol. The first-order valence-corrected chi connectivity index (χ1v) is 8.11. The maximum Gasteiger partial charge on any atom is 0.417 e. The molecule has 0 aliphatic heterocycles. The first-order valence-electron chi connectivity index (χ1n) is 6.17. The molecule has 0 aromatic heterocycles. The maximum absolute atomic E-state index is 13.5. The quantitative estimate of drug-likeness (QED) is 0.458. The first kappa shape index (κ1) is 16.2. The maximum atomic E-state index is 13.5. The molecule has 0 amide bonds. The lowest BCUT2D eigenvalue weighted by Gasteiger charge is -2.17. The Hall–Kier alpha value is -1.20. The summed E-state index contributed by atoms with van der Waals surface area (Å²) >= 11 is 4.32. The van der Waals surface area contributed by atoms with Crippen molar-refractivity contribution in [3.05, 3.63) is 71.1 Å². The van der Waals surface area contributed by atoms with Crippen LogP contribution in [0.3, 0.4) is 0 Å². The van der Waals surface area contributed by atoms with Gasteiger partial charge in [0.1, 0.15) is 0 Å². The smallest absolute Gasteiger partial charge is 0.166 e. The number of benzene rings is 2. The van der Waals surface area contributed by atoms with Crippen LogP contribution >= 0.6 is 27.7 Å². The van der Waals surface area contributed by atoms with Crippen LogP contribution in [-0.2, 0) is 0 Å². The molecule has 0 saturated heterocycles. The van der Waals surface area contributed by atoms with Crippen LogP contribution in [0.15, 0.2) is 70.5 Å². The molecule has 0 bridgehead atoms. The van der Waals surface area contributed by atoms with Gasteiger partial charge in [-0.3, -0.25) is 0 Å². The lowest BCUT2D eigenvalue weighted by molar-refractivity contribution is -0.0691. The number of hydrogen-bond acceptors (Lipinski definition) is 1. The van der Waals surface area contributed by atoms with Gasteiger partial charge in [0, 0.05) is 15.1 Å². The number of halogens is 4. The van der Waals surface area contributed by atoms with Crippen molar-refractivity contribution in [1.82, 2.24) is 0 Å². The molecule has 0 saturated carbocycles. The van der Waals surface area contributed by atoms with E-state index in [1.165, 1.54) is 12.1 Å². The Morgan fingerprint density at radius 2 is 1.43 bits per heavy atom. The average molecular weight is 373 g/mol. The molecule has 0 nitrogen and oxygen atoms in total. The second-order valence-corrected chi connectivity index (χ2v) is 5.94. The van der Waals surface area contributed by atoms with Gasteiger partial charge in [-0.15, -0.1) is 0 Å². The molecular formula is C16H12BrF3S. The van der Waals surface area contributed by atoms with Crippen LogP contribution in [0.2, 0.25) is 0 Å². The topological polar surface area (TPSA) is 0 Å². The van der Waals surface area contributed by atoms with E-state index in [9.17, 15) is 13.2 Å². The third-order valence-electron chi connectivity index (χ3n) is 2.73. The number of hydrogen-bond donors (Lipinski definition) is 0. The van der Waals surface area contributed by atoms with Gasteiger partial charge < -0.3 is 0 Å². The van der Waals surface area contributed by atoms with Crippen LogP contribution in [0, 0.1) is 0 Å². The number of alkyl halides is 4. The van der Waals surface area contributed by atoms with Gasteiger partial charge in [0.2, 0.25) is 0 Å². The molecule has 0 radical (unpaired) electrons. The Bertz CT molecular complexity index is 606. The summed E-state index contributed by atoms with van der Waals surface area (Å²) in [5.74, 6) is 0. The average Bonchev–Trinajstić information content (AvgIpc) is 2.47. The lowest BCUT2D eigenvalue weighted by Crippen LogP contribution is -2.13. The number of rotatable bonds is 4. The van der Waals surface area contributed by atoms with Gasteiger partial charge in [-0.05, 0) is 17.7 Å². The first-order chi connectivity index (χ1) is 10.0. The third kappa shape index (κ3) is 4.38. The molecule has 0 heterocycles. The monoisotopic (exact) mass is 372 g/mol. The molecule has 0 spiro atoms. The molecule has 0 N–H and O–H groups in total. The second-order valence-electron chi connectivity index (χ2n) is 4.21. The summed E-state index contributed by atoms with van der Waals surface area (Å²) in [6, 6.07) is 16.9. The molecule has 2 aromatic rings. The van der Waals surface area contributed by atoms with E-state index in [4.69, 9.17) is 0 Å². The van der Waals surface area contributed by atoms with E-state index in [0.29, 0.717) is 0 Å². The van der Waals surface area contributed by atoms with E-state index < -0.39 is 11.7 Å². The minimum Gasteiger partial charge on any atom is -0.166 e. The zero-order valence-electron chi connectivity index (χ0n) is 10.9. The minimum absolute atomic E-state index is 0.149. The summed E-state index contributed by atoms with van der Waals surface area (Å²) in [4.78, 5) is 1.03. The Labute approximate surface area is 134 Å². The molecule has 110 valence electrons. The SMILES string of the molecule is FC(F)(F)/C(=C(/CBr)Sc1ccccc1)c1ccccc1. The van der Waals surface area contributed by atoms with Crippen molar-refractivity contribution in [2.45, 2.75) is 11.1 Å². The molecule has 2 rings (SSSR count). The zero-order valence-corrected chi connectivity index (χ0v) is 13.3. The largest absolute Gasteiger partial charge is 0.417 e. The van der Waals surface area contributed by atoms with Crippen molar-refractivity contribution in [3.8, 4) is 0 Å². The van der Waals surface area contributed by atoms with Crippen LogP contribution < -0.4 is 0 Å². The lowest BCUT2D eigenvalue weighted by atomic mass is 10.1. The van der Waals surface area contributed by atoms with E-state index >= 15 is 0 Å². The van der Waals surface area contributed by atoms with Gasteiger partial charge in [0.05, 0.1) is 5.57 Å². The van der Waals surface area contributed by atoms with E-state index in [2.05, 4.69) is 15.9 Å². The van der Waals surface area contributed by atoms with Crippen LogP contribution in [-0.4, -0.2) is 11.5 Å². The Morgan fingerprint density at radius 1 is 0.905 bits per heavy atom. The van der Waals surface area contributed by atoms with Crippen molar-refractivity contribution in [1.29, 1.82) is 0 Å².